The van der Waals surface area contributed by atoms with Gasteiger partial charge < -0.3 is 30.3 Å². The molecule has 12 heteroatoms. The number of nitrogens with one attached hydrogen (secondary N) is 2. The number of halogens is 5. The zero-order valence-electron chi connectivity index (χ0n) is 25.7. The number of rotatable bonds is 5. The van der Waals surface area contributed by atoms with Gasteiger partial charge in [0.05, 0.1) is 18.8 Å². The molecule has 2 amide bonds. The minimum atomic E-state index is -5.88. The zero-order valence-corrected chi connectivity index (χ0v) is 25.7. The maximum atomic E-state index is 15.1. The lowest BCUT2D eigenvalue weighted by Gasteiger charge is -2.55. The predicted octanol–water partition coefficient (Wildman–Crippen LogP) is 6.09. The van der Waals surface area contributed by atoms with Crippen LogP contribution in [0.5, 0.6) is 0 Å². The van der Waals surface area contributed by atoms with Gasteiger partial charge in [0.25, 0.3) is 0 Å². The third-order valence-corrected chi connectivity index (χ3v) is 11.0. The molecule has 45 heavy (non-hydrogen) atoms. The Morgan fingerprint density at radius 2 is 1.71 bits per heavy atom. The highest BCUT2D eigenvalue weighted by molar-refractivity contribution is 5.74. The van der Waals surface area contributed by atoms with Crippen LogP contribution in [-0.2, 0) is 16.0 Å². The van der Waals surface area contributed by atoms with Crippen LogP contribution in [0, 0.1) is 17.8 Å². The van der Waals surface area contributed by atoms with Crippen molar-refractivity contribution in [3.05, 3.63) is 46.5 Å². The minimum absolute atomic E-state index is 0.0380. The molecule has 7 nitrogen and oxygen atoms in total. The van der Waals surface area contributed by atoms with Crippen LogP contribution in [-0.4, -0.2) is 64.6 Å². The molecule has 1 aliphatic heterocycles. The quantitative estimate of drug-likeness (QED) is 0.230. The van der Waals surface area contributed by atoms with E-state index in [-0.39, 0.29) is 43.8 Å². The molecule has 6 rings (SSSR count). The number of ether oxygens (including phenoxy) is 2. The van der Waals surface area contributed by atoms with Crippen molar-refractivity contribution >= 4 is 6.03 Å². The van der Waals surface area contributed by atoms with Crippen LogP contribution in [0.2, 0.25) is 0 Å². The van der Waals surface area contributed by atoms with E-state index in [1.807, 2.05) is 26.0 Å². The second-order valence-electron chi connectivity index (χ2n) is 14.1. The van der Waals surface area contributed by atoms with Gasteiger partial charge in [-0.25, -0.2) is 4.79 Å². The van der Waals surface area contributed by atoms with Crippen molar-refractivity contribution in [1.29, 1.82) is 0 Å². The summed E-state index contributed by atoms with van der Waals surface area (Å²) >= 11 is 0. The number of aliphatic hydroxyl groups is 2. The fourth-order valence-corrected chi connectivity index (χ4v) is 9.07. The summed E-state index contributed by atoms with van der Waals surface area (Å²) < 4.78 is 83.4. The molecule has 0 unspecified atom stereocenters. The van der Waals surface area contributed by atoms with Crippen molar-refractivity contribution in [1.82, 2.24) is 10.6 Å². The third kappa shape index (κ3) is 5.57. The van der Waals surface area contributed by atoms with Gasteiger partial charge in [0.2, 0.25) is 0 Å². The topological polar surface area (TPSA) is 100 Å². The first kappa shape index (κ1) is 32.7. The molecule has 250 valence electrons. The molecule has 3 saturated carbocycles. The Labute approximate surface area is 259 Å². The summed E-state index contributed by atoms with van der Waals surface area (Å²) in [5.41, 5.74) is -1.22. The SMILES string of the molecule is CC(C)NC(=O)NCc1ccc([C@H]2C[C@H]3[C@@H](CC[C@@]3(O)C(F)(F)C(F)(F)F)[C@@H]3CC[C@@]4(O)CC5(CCC4=C32)OCCCO5)cc1. The Morgan fingerprint density at radius 1 is 1.02 bits per heavy atom. The number of alkyl halides is 5. The second-order valence-corrected chi connectivity index (χ2v) is 14.1. The van der Waals surface area contributed by atoms with Crippen molar-refractivity contribution in [2.45, 2.75) is 119 Å². The van der Waals surface area contributed by atoms with Gasteiger partial charge in [0, 0.05) is 31.3 Å². The van der Waals surface area contributed by atoms with E-state index >= 15 is 8.78 Å². The van der Waals surface area contributed by atoms with Crippen LogP contribution in [0.3, 0.4) is 0 Å². The summed E-state index contributed by atoms with van der Waals surface area (Å²) in [6.07, 6.45) is -3.85. The fraction of sp³-hybridized carbons (Fsp3) is 0.727. The van der Waals surface area contributed by atoms with Gasteiger partial charge in [-0.3, -0.25) is 0 Å². The van der Waals surface area contributed by atoms with Gasteiger partial charge in [-0.15, -0.1) is 0 Å². The Bertz CT molecular complexity index is 1310. The summed E-state index contributed by atoms with van der Waals surface area (Å²) in [4.78, 5) is 12.1. The third-order valence-electron chi connectivity index (χ3n) is 11.0. The largest absolute Gasteiger partial charge is 0.456 e. The van der Waals surface area contributed by atoms with Crippen molar-refractivity contribution in [3.8, 4) is 0 Å². The first-order valence-corrected chi connectivity index (χ1v) is 16.1. The number of hydrogen-bond donors (Lipinski definition) is 4. The number of carbonyl (C=O) groups is 1. The van der Waals surface area contributed by atoms with E-state index in [0.717, 1.165) is 28.7 Å². The number of allylic oxidation sites excluding steroid dienone is 1. The zero-order chi connectivity index (χ0) is 32.4. The summed E-state index contributed by atoms with van der Waals surface area (Å²) in [6.45, 7) is 4.99. The smallest absolute Gasteiger partial charge is 0.385 e. The van der Waals surface area contributed by atoms with Crippen LogP contribution in [0.25, 0.3) is 0 Å². The van der Waals surface area contributed by atoms with Crippen LogP contribution in [0.4, 0.5) is 26.7 Å². The molecule has 0 radical (unpaired) electrons. The molecule has 1 saturated heterocycles. The van der Waals surface area contributed by atoms with Crippen molar-refractivity contribution < 1.29 is 46.4 Å². The van der Waals surface area contributed by atoms with Gasteiger partial charge in [-0.2, -0.15) is 22.0 Å². The monoisotopic (exact) mass is 642 g/mol. The maximum absolute atomic E-state index is 15.1. The highest BCUT2D eigenvalue weighted by atomic mass is 19.4. The summed E-state index contributed by atoms with van der Waals surface area (Å²) in [7, 11) is 0. The van der Waals surface area contributed by atoms with E-state index in [1.165, 1.54) is 0 Å². The van der Waals surface area contributed by atoms with Crippen molar-refractivity contribution in [2.24, 2.45) is 17.8 Å². The molecule has 6 atom stereocenters. The Hall–Kier alpha value is -2.28. The van der Waals surface area contributed by atoms with E-state index in [1.54, 1.807) is 12.1 Å². The van der Waals surface area contributed by atoms with Crippen LogP contribution in [0.1, 0.15) is 88.7 Å². The molecule has 5 aliphatic rings. The van der Waals surface area contributed by atoms with Gasteiger partial charge in [0.15, 0.2) is 5.79 Å². The number of urea groups is 1. The number of amides is 2. The number of hydrogen-bond acceptors (Lipinski definition) is 5. The van der Waals surface area contributed by atoms with Gasteiger partial charge in [0.1, 0.15) is 5.60 Å². The average molecular weight is 643 g/mol. The van der Waals surface area contributed by atoms with Crippen LogP contribution in [0.15, 0.2) is 35.4 Å². The minimum Gasteiger partial charge on any atom is -0.385 e. The van der Waals surface area contributed by atoms with Gasteiger partial charge in [-0.1, -0.05) is 29.8 Å². The Kier molecular flexibility index (Phi) is 8.31. The van der Waals surface area contributed by atoms with E-state index in [9.17, 15) is 28.2 Å². The van der Waals surface area contributed by atoms with Crippen molar-refractivity contribution in [2.75, 3.05) is 13.2 Å². The Morgan fingerprint density at radius 3 is 2.36 bits per heavy atom. The van der Waals surface area contributed by atoms with Gasteiger partial charge >= 0.3 is 18.1 Å². The summed E-state index contributed by atoms with van der Waals surface area (Å²) in [5.74, 6) is -8.91. The molecule has 1 aromatic rings. The molecule has 0 aromatic heterocycles. The second kappa shape index (κ2) is 11.5. The van der Waals surface area contributed by atoms with E-state index in [2.05, 4.69) is 10.6 Å². The molecular formula is C33H43F5N2O5. The van der Waals surface area contributed by atoms with Gasteiger partial charge in [-0.05, 0) is 93.2 Å². The molecule has 4 N–H and O–H groups in total. The lowest BCUT2D eigenvalue weighted by molar-refractivity contribution is -0.350. The molecular weight excluding hydrogens is 599 g/mol. The first-order valence-electron chi connectivity index (χ1n) is 16.1. The predicted molar refractivity (Wildman–Crippen MR) is 154 cm³/mol. The molecule has 0 bridgehead atoms. The normalized spacial score (nSPS) is 34.7. The molecule has 4 aliphatic carbocycles. The molecule has 1 spiro atoms. The van der Waals surface area contributed by atoms with E-state index in [4.69, 9.17) is 9.47 Å². The fourth-order valence-electron chi connectivity index (χ4n) is 9.07. The van der Waals surface area contributed by atoms with Crippen LogP contribution < -0.4 is 10.6 Å². The van der Waals surface area contributed by atoms with E-state index < -0.39 is 53.3 Å². The summed E-state index contributed by atoms with van der Waals surface area (Å²) in [5, 5.41) is 28.9. The summed E-state index contributed by atoms with van der Waals surface area (Å²) in [6, 6.07) is 6.87. The lowest BCUT2D eigenvalue weighted by Crippen LogP contribution is -2.61. The average Bonchev–Trinajstić information content (AvgIpc) is 3.32. The standard InChI is InChI=1S/C33H43F5N2O5/c1-19(2)40-28(41)39-17-20-4-6-21(7-5-20)24-16-26-22(9-13-31(26,43)32(34,35)33(36,37)38)23-8-11-29(42)18-30(44-14-3-15-45-30)12-10-25(29)27(23)24/h4-7,19,22-24,26,42-43H,3,8-18H2,1-2H3,(H2,39,40,41)/t22-,23-,24+,26-,29+,31-/m0/s1. The van der Waals surface area contributed by atoms with E-state index in [0.29, 0.717) is 38.9 Å². The first-order chi connectivity index (χ1) is 21.1. The highest BCUT2D eigenvalue weighted by Gasteiger charge is 2.75. The maximum Gasteiger partial charge on any atom is 0.456 e. The van der Waals surface area contributed by atoms with Crippen LogP contribution >= 0.6 is 0 Å². The van der Waals surface area contributed by atoms with Crippen molar-refractivity contribution in [3.63, 3.8) is 0 Å². The number of fused-ring (bicyclic) bond motifs is 4. The molecule has 1 heterocycles. The number of carbonyl (C=O) groups excluding carboxylic acids is 1. The lowest BCUT2D eigenvalue weighted by atomic mass is 9.54. The Balaban J connectivity index is 1.37. The molecule has 1 aromatic carbocycles. The molecule has 4 fully saturated rings. The number of benzene rings is 1. The highest BCUT2D eigenvalue weighted by Crippen LogP contribution is 2.66.